The lowest BCUT2D eigenvalue weighted by atomic mass is 10.2. The molecule has 0 fully saturated rings. The van der Waals surface area contributed by atoms with Crippen LogP contribution in [0.3, 0.4) is 0 Å². The molecule has 106 valence electrons. The van der Waals surface area contributed by atoms with Gasteiger partial charge in [-0.15, -0.1) is 11.6 Å². The van der Waals surface area contributed by atoms with E-state index < -0.39 is 0 Å². The third kappa shape index (κ3) is 3.54. The van der Waals surface area contributed by atoms with Crippen molar-refractivity contribution in [1.29, 1.82) is 0 Å². The summed E-state index contributed by atoms with van der Waals surface area (Å²) in [4.78, 5) is 2.09. The minimum absolute atomic E-state index is 0.455. The summed E-state index contributed by atoms with van der Waals surface area (Å²) in [5.41, 5.74) is 1.06. The molecule has 5 heteroatoms. The lowest BCUT2D eigenvalue weighted by molar-refractivity contribution is 0.413. The first-order valence-corrected chi connectivity index (χ1v) is 7.65. The second-order valence-corrected chi connectivity index (χ2v) is 5.80. The van der Waals surface area contributed by atoms with Crippen molar-refractivity contribution in [3.05, 3.63) is 47.0 Å². The van der Waals surface area contributed by atoms with Crippen molar-refractivity contribution in [2.75, 3.05) is 14.2 Å². The number of benzene rings is 2. The highest BCUT2D eigenvalue weighted by Crippen LogP contribution is 2.37. The smallest absolute Gasteiger partial charge is 0.138 e. The fourth-order valence-corrected chi connectivity index (χ4v) is 3.21. The molecule has 0 saturated carbocycles. The number of rotatable bonds is 5. The first-order valence-electron chi connectivity index (χ1n) is 5.92. The molecule has 2 aromatic carbocycles. The molecular formula is C15H14Cl2O2S. The van der Waals surface area contributed by atoms with Gasteiger partial charge in [-0.3, -0.25) is 0 Å². The van der Waals surface area contributed by atoms with E-state index in [-0.39, 0.29) is 0 Å². The summed E-state index contributed by atoms with van der Waals surface area (Å²) in [5.74, 6) is 1.92. The molecule has 0 atom stereocenters. The average Bonchev–Trinajstić information content (AvgIpc) is 2.49. The van der Waals surface area contributed by atoms with Gasteiger partial charge in [-0.25, -0.2) is 0 Å². The Kier molecular flexibility index (Phi) is 5.46. The zero-order chi connectivity index (χ0) is 14.5. The van der Waals surface area contributed by atoms with Gasteiger partial charge in [0.05, 0.1) is 19.2 Å². The summed E-state index contributed by atoms with van der Waals surface area (Å²) >= 11 is 13.6. The Morgan fingerprint density at radius 2 is 1.85 bits per heavy atom. The highest BCUT2D eigenvalue weighted by molar-refractivity contribution is 7.99. The maximum Gasteiger partial charge on any atom is 0.138 e. The first kappa shape index (κ1) is 15.4. The third-order valence-electron chi connectivity index (χ3n) is 2.77. The van der Waals surface area contributed by atoms with E-state index in [1.807, 2.05) is 36.4 Å². The summed E-state index contributed by atoms with van der Waals surface area (Å²) in [7, 11) is 3.25. The van der Waals surface area contributed by atoms with Crippen LogP contribution in [0.25, 0.3) is 0 Å². The van der Waals surface area contributed by atoms with Gasteiger partial charge in [0, 0.05) is 15.7 Å². The molecule has 0 heterocycles. The number of methoxy groups -OCH3 is 2. The number of halogens is 2. The molecule has 0 amide bonds. The highest BCUT2D eigenvalue weighted by Gasteiger charge is 2.08. The summed E-state index contributed by atoms with van der Waals surface area (Å²) in [6.07, 6.45) is 0. The van der Waals surface area contributed by atoms with Gasteiger partial charge in [-0.1, -0.05) is 29.4 Å². The quantitative estimate of drug-likeness (QED) is 0.698. The minimum Gasteiger partial charge on any atom is -0.497 e. The van der Waals surface area contributed by atoms with Gasteiger partial charge in [-0.05, 0) is 35.9 Å². The molecule has 0 radical (unpaired) electrons. The molecule has 0 N–H and O–H groups in total. The zero-order valence-corrected chi connectivity index (χ0v) is 13.5. The van der Waals surface area contributed by atoms with Gasteiger partial charge in [0.15, 0.2) is 0 Å². The van der Waals surface area contributed by atoms with Crippen LogP contribution in [0.2, 0.25) is 5.02 Å². The van der Waals surface area contributed by atoms with E-state index in [9.17, 15) is 0 Å². The van der Waals surface area contributed by atoms with Gasteiger partial charge < -0.3 is 9.47 Å². The summed E-state index contributed by atoms with van der Waals surface area (Å²) < 4.78 is 10.5. The predicted molar refractivity (Wildman–Crippen MR) is 84.7 cm³/mol. The Hall–Kier alpha value is -1.03. The van der Waals surface area contributed by atoms with Crippen molar-refractivity contribution >= 4 is 35.0 Å². The standard InChI is InChI=1S/C15H14Cl2O2S/c1-18-11-4-3-10(9-16)15(7-11)20-12-5-6-13(17)14(8-12)19-2/h3-8H,9H2,1-2H3. The van der Waals surface area contributed by atoms with Crippen molar-refractivity contribution in [2.24, 2.45) is 0 Å². The molecule has 0 aromatic heterocycles. The van der Waals surface area contributed by atoms with Gasteiger partial charge in [0.2, 0.25) is 0 Å². The Morgan fingerprint density at radius 1 is 1.05 bits per heavy atom. The van der Waals surface area contributed by atoms with Crippen LogP contribution in [0.1, 0.15) is 5.56 Å². The van der Waals surface area contributed by atoms with E-state index in [0.717, 1.165) is 21.1 Å². The number of alkyl halides is 1. The van der Waals surface area contributed by atoms with E-state index in [0.29, 0.717) is 16.7 Å². The number of hydrogen-bond donors (Lipinski definition) is 0. The van der Waals surface area contributed by atoms with E-state index in [1.165, 1.54) is 0 Å². The van der Waals surface area contributed by atoms with Crippen LogP contribution in [-0.2, 0) is 5.88 Å². The number of ether oxygens (including phenoxy) is 2. The van der Waals surface area contributed by atoms with Crippen LogP contribution in [-0.4, -0.2) is 14.2 Å². The average molecular weight is 329 g/mol. The third-order valence-corrected chi connectivity index (χ3v) is 4.46. The topological polar surface area (TPSA) is 18.5 Å². The molecule has 0 saturated heterocycles. The normalized spacial score (nSPS) is 10.4. The zero-order valence-electron chi connectivity index (χ0n) is 11.2. The molecule has 0 aliphatic heterocycles. The van der Waals surface area contributed by atoms with Crippen LogP contribution in [0.5, 0.6) is 11.5 Å². The molecule has 2 nitrogen and oxygen atoms in total. The Bertz CT molecular complexity index is 602. The maximum atomic E-state index is 6.03. The van der Waals surface area contributed by atoms with Crippen molar-refractivity contribution in [2.45, 2.75) is 15.7 Å². The summed E-state index contributed by atoms with van der Waals surface area (Å²) in [5, 5.41) is 0.597. The lowest BCUT2D eigenvalue weighted by Crippen LogP contribution is -1.89. The number of hydrogen-bond acceptors (Lipinski definition) is 3. The Balaban J connectivity index is 2.33. The predicted octanol–water partition coefficient (Wildman–Crippen LogP) is 5.25. The van der Waals surface area contributed by atoms with Crippen LogP contribution >= 0.6 is 35.0 Å². The Labute approximate surface area is 133 Å². The largest absolute Gasteiger partial charge is 0.497 e. The Morgan fingerprint density at radius 3 is 2.50 bits per heavy atom. The van der Waals surface area contributed by atoms with Crippen LogP contribution < -0.4 is 9.47 Å². The molecule has 0 aliphatic rings. The van der Waals surface area contributed by atoms with Gasteiger partial charge in [-0.2, -0.15) is 0 Å². The lowest BCUT2D eigenvalue weighted by Gasteiger charge is -2.10. The fourth-order valence-electron chi connectivity index (χ4n) is 1.70. The van der Waals surface area contributed by atoms with E-state index >= 15 is 0 Å². The van der Waals surface area contributed by atoms with Crippen molar-refractivity contribution in [1.82, 2.24) is 0 Å². The van der Waals surface area contributed by atoms with Crippen molar-refractivity contribution < 1.29 is 9.47 Å². The monoisotopic (exact) mass is 328 g/mol. The molecule has 0 unspecified atom stereocenters. The molecule has 2 aromatic rings. The minimum atomic E-state index is 0.455. The van der Waals surface area contributed by atoms with Crippen LogP contribution in [0, 0.1) is 0 Å². The molecule has 0 bridgehead atoms. The van der Waals surface area contributed by atoms with E-state index in [1.54, 1.807) is 26.0 Å². The first-order chi connectivity index (χ1) is 9.67. The van der Waals surface area contributed by atoms with Crippen LogP contribution in [0.15, 0.2) is 46.2 Å². The van der Waals surface area contributed by atoms with Crippen molar-refractivity contribution in [3.8, 4) is 11.5 Å². The second-order valence-electron chi connectivity index (χ2n) is 4.01. The molecule has 2 rings (SSSR count). The fraction of sp³-hybridized carbons (Fsp3) is 0.200. The van der Waals surface area contributed by atoms with Gasteiger partial charge in [0.25, 0.3) is 0 Å². The molecule has 0 aliphatic carbocycles. The summed E-state index contributed by atoms with van der Waals surface area (Å²) in [6.45, 7) is 0. The van der Waals surface area contributed by atoms with E-state index in [4.69, 9.17) is 32.7 Å². The van der Waals surface area contributed by atoms with Crippen molar-refractivity contribution in [3.63, 3.8) is 0 Å². The molecular weight excluding hydrogens is 315 g/mol. The maximum absolute atomic E-state index is 6.03. The van der Waals surface area contributed by atoms with Gasteiger partial charge >= 0.3 is 0 Å². The van der Waals surface area contributed by atoms with Crippen LogP contribution in [0.4, 0.5) is 0 Å². The summed E-state index contributed by atoms with van der Waals surface area (Å²) in [6, 6.07) is 11.5. The van der Waals surface area contributed by atoms with Gasteiger partial charge in [0.1, 0.15) is 11.5 Å². The van der Waals surface area contributed by atoms with E-state index in [2.05, 4.69) is 0 Å². The molecule has 0 spiro atoms. The second kappa shape index (κ2) is 7.11. The molecule has 20 heavy (non-hydrogen) atoms. The highest BCUT2D eigenvalue weighted by atomic mass is 35.5. The SMILES string of the molecule is COc1ccc(CCl)c(Sc2ccc(Cl)c(OC)c2)c1.